The number of hydrogen-bond acceptors (Lipinski definition) is 3. The van der Waals surface area contributed by atoms with Crippen molar-refractivity contribution in [3.8, 4) is 0 Å². The van der Waals surface area contributed by atoms with Crippen LogP contribution >= 0.6 is 0 Å². The van der Waals surface area contributed by atoms with Crippen LogP contribution in [0.25, 0.3) is 11.0 Å². The highest BCUT2D eigenvalue weighted by molar-refractivity contribution is 6.05. The van der Waals surface area contributed by atoms with Crippen molar-refractivity contribution in [3.63, 3.8) is 0 Å². The molecule has 4 heteroatoms. The van der Waals surface area contributed by atoms with Gasteiger partial charge in [-0.25, -0.2) is 0 Å². The van der Waals surface area contributed by atoms with E-state index in [9.17, 15) is 4.79 Å². The van der Waals surface area contributed by atoms with E-state index in [0.717, 1.165) is 49.9 Å². The molecule has 0 bridgehead atoms. The quantitative estimate of drug-likeness (QED) is 0.939. The molecule has 2 heterocycles. The number of para-hydroxylation sites is 1. The standard InChI is InChI=1S/C17H22N2O2/c1-2-9-18-13-7-10-19(11-8-13)17(20)15-12-21-16-6-4-3-5-14(15)16/h3-6,12-13,18H,2,7-11H2,1H3. The van der Waals surface area contributed by atoms with Crippen molar-refractivity contribution in [1.82, 2.24) is 10.2 Å². The number of nitrogens with zero attached hydrogens (tertiary/aromatic N) is 1. The van der Waals surface area contributed by atoms with Gasteiger partial charge in [-0.3, -0.25) is 4.79 Å². The highest BCUT2D eigenvalue weighted by Crippen LogP contribution is 2.23. The lowest BCUT2D eigenvalue weighted by molar-refractivity contribution is 0.0706. The number of amides is 1. The van der Waals surface area contributed by atoms with Crippen LogP contribution in [0.3, 0.4) is 0 Å². The minimum Gasteiger partial charge on any atom is -0.463 e. The zero-order valence-electron chi connectivity index (χ0n) is 12.5. The molecule has 0 saturated carbocycles. The third-order valence-electron chi connectivity index (χ3n) is 4.18. The monoisotopic (exact) mass is 286 g/mol. The van der Waals surface area contributed by atoms with Crippen molar-refractivity contribution < 1.29 is 9.21 Å². The van der Waals surface area contributed by atoms with Gasteiger partial charge in [0.05, 0.1) is 5.56 Å². The summed E-state index contributed by atoms with van der Waals surface area (Å²) in [5, 5.41) is 4.45. The van der Waals surface area contributed by atoms with Crippen molar-refractivity contribution in [3.05, 3.63) is 36.1 Å². The Bertz CT molecular complexity index is 612. The molecule has 1 aromatic heterocycles. The topological polar surface area (TPSA) is 45.5 Å². The number of hydrogen-bond donors (Lipinski definition) is 1. The van der Waals surface area contributed by atoms with Crippen LogP contribution < -0.4 is 5.32 Å². The molecular weight excluding hydrogens is 264 g/mol. The molecule has 1 fully saturated rings. The summed E-state index contributed by atoms with van der Waals surface area (Å²) in [6.45, 7) is 4.88. The first-order valence-electron chi connectivity index (χ1n) is 7.78. The van der Waals surface area contributed by atoms with E-state index in [1.165, 1.54) is 0 Å². The average molecular weight is 286 g/mol. The van der Waals surface area contributed by atoms with E-state index in [4.69, 9.17) is 4.42 Å². The molecule has 1 saturated heterocycles. The second-order valence-corrected chi connectivity index (χ2v) is 5.67. The minimum absolute atomic E-state index is 0.0916. The predicted octanol–water partition coefficient (Wildman–Crippen LogP) is 3.04. The summed E-state index contributed by atoms with van der Waals surface area (Å²) in [4.78, 5) is 14.6. The van der Waals surface area contributed by atoms with Gasteiger partial charge in [0, 0.05) is 24.5 Å². The highest BCUT2D eigenvalue weighted by atomic mass is 16.3. The van der Waals surface area contributed by atoms with Crippen LogP contribution in [-0.4, -0.2) is 36.5 Å². The number of likely N-dealkylation sites (tertiary alicyclic amines) is 1. The van der Waals surface area contributed by atoms with Gasteiger partial charge in [0.2, 0.25) is 0 Å². The summed E-state index contributed by atoms with van der Waals surface area (Å²) in [5.74, 6) is 0.0916. The van der Waals surface area contributed by atoms with E-state index in [2.05, 4.69) is 12.2 Å². The molecule has 1 aliphatic rings. The number of carbonyl (C=O) groups is 1. The van der Waals surface area contributed by atoms with E-state index in [1.54, 1.807) is 6.26 Å². The molecule has 3 rings (SSSR count). The van der Waals surface area contributed by atoms with Crippen LogP contribution in [0.4, 0.5) is 0 Å². The maximum atomic E-state index is 12.6. The van der Waals surface area contributed by atoms with Gasteiger partial charge in [-0.1, -0.05) is 25.1 Å². The molecule has 0 spiro atoms. The van der Waals surface area contributed by atoms with Crippen molar-refractivity contribution in [1.29, 1.82) is 0 Å². The van der Waals surface area contributed by atoms with Gasteiger partial charge in [-0.15, -0.1) is 0 Å². The Labute approximate surface area is 125 Å². The Balaban J connectivity index is 1.67. The maximum Gasteiger partial charge on any atom is 0.257 e. The van der Waals surface area contributed by atoms with Gasteiger partial charge in [-0.05, 0) is 31.9 Å². The third kappa shape index (κ3) is 2.95. The molecule has 4 nitrogen and oxygen atoms in total. The number of furan rings is 1. The van der Waals surface area contributed by atoms with Crippen LogP contribution in [0.2, 0.25) is 0 Å². The Morgan fingerprint density at radius 1 is 1.33 bits per heavy atom. The molecule has 1 aliphatic heterocycles. The molecule has 1 aromatic carbocycles. The summed E-state index contributed by atoms with van der Waals surface area (Å²) >= 11 is 0. The second-order valence-electron chi connectivity index (χ2n) is 5.67. The molecule has 0 aliphatic carbocycles. The van der Waals surface area contributed by atoms with Gasteiger partial charge >= 0.3 is 0 Å². The number of fused-ring (bicyclic) bond motifs is 1. The lowest BCUT2D eigenvalue weighted by atomic mass is 10.0. The predicted molar refractivity (Wildman–Crippen MR) is 83.4 cm³/mol. The number of nitrogens with one attached hydrogen (secondary N) is 1. The van der Waals surface area contributed by atoms with Crippen LogP contribution in [0.1, 0.15) is 36.5 Å². The maximum absolute atomic E-state index is 12.6. The number of benzene rings is 1. The van der Waals surface area contributed by atoms with Crippen molar-refractivity contribution in [2.75, 3.05) is 19.6 Å². The summed E-state index contributed by atoms with van der Waals surface area (Å²) in [6.07, 6.45) is 4.80. The van der Waals surface area contributed by atoms with Crippen molar-refractivity contribution >= 4 is 16.9 Å². The summed E-state index contributed by atoms with van der Waals surface area (Å²) in [6, 6.07) is 8.25. The normalized spacial score (nSPS) is 16.5. The Kier molecular flexibility index (Phi) is 4.25. The van der Waals surface area contributed by atoms with Gasteiger partial charge in [0.15, 0.2) is 0 Å². The van der Waals surface area contributed by atoms with Crippen LogP contribution in [-0.2, 0) is 0 Å². The zero-order valence-corrected chi connectivity index (χ0v) is 12.5. The molecule has 0 unspecified atom stereocenters. The lowest BCUT2D eigenvalue weighted by Crippen LogP contribution is -2.45. The molecular formula is C17H22N2O2. The first-order valence-corrected chi connectivity index (χ1v) is 7.78. The molecule has 0 atom stereocenters. The van der Waals surface area contributed by atoms with E-state index in [0.29, 0.717) is 11.6 Å². The fourth-order valence-corrected chi connectivity index (χ4v) is 2.95. The zero-order chi connectivity index (χ0) is 14.7. The molecule has 21 heavy (non-hydrogen) atoms. The van der Waals surface area contributed by atoms with E-state index >= 15 is 0 Å². The highest BCUT2D eigenvalue weighted by Gasteiger charge is 2.25. The van der Waals surface area contributed by atoms with E-state index in [-0.39, 0.29) is 5.91 Å². The Hall–Kier alpha value is -1.81. The molecule has 2 aromatic rings. The first kappa shape index (κ1) is 14.1. The first-order chi connectivity index (χ1) is 10.3. The smallest absolute Gasteiger partial charge is 0.257 e. The van der Waals surface area contributed by atoms with Crippen LogP contribution in [0.15, 0.2) is 34.9 Å². The van der Waals surface area contributed by atoms with Gasteiger partial charge in [0.25, 0.3) is 5.91 Å². The fraction of sp³-hybridized carbons (Fsp3) is 0.471. The number of carbonyl (C=O) groups excluding carboxylic acids is 1. The second kappa shape index (κ2) is 6.31. The molecule has 1 amide bonds. The minimum atomic E-state index is 0.0916. The average Bonchev–Trinajstić information content (AvgIpc) is 2.97. The molecule has 1 N–H and O–H groups in total. The molecule has 0 radical (unpaired) electrons. The Morgan fingerprint density at radius 2 is 2.10 bits per heavy atom. The van der Waals surface area contributed by atoms with Crippen LogP contribution in [0, 0.1) is 0 Å². The van der Waals surface area contributed by atoms with Gasteiger partial charge in [0.1, 0.15) is 11.8 Å². The third-order valence-corrected chi connectivity index (χ3v) is 4.18. The summed E-state index contributed by atoms with van der Waals surface area (Å²) in [5.41, 5.74) is 1.46. The summed E-state index contributed by atoms with van der Waals surface area (Å²) < 4.78 is 5.48. The largest absolute Gasteiger partial charge is 0.463 e. The number of piperidine rings is 1. The summed E-state index contributed by atoms with van der Waals surface area (Å²) in [7, 11) is 0. The van der Waals surface area contributed by atoms with Gasteiger partial charge < -0.3 is 14.6 Å². The number of rotatable bonds is 4. The molecule has 112 valence electrons. The van der Waals surface area contributed by atoms with Crippen molar-refractivity contribution in [2.24, 2.45) is 0 Å². The van der Waals surface area contributed by atoms with E-state index in [1.807, 2.05) is 29.2 Å². The van der Waals surface area contributed by atoms with Gasteiger partial charge in [-0.2, -0.15) is 0 Å². The fourth-order valence-electron chi connectivity index (χ4n) is 2.95. The lowest BCUT2D eigenvalue weighted by Gasteiger charge is -2.32. The SMILES string of the molecule is CCCNC1CCN(C(=O)c2coc3ccccc23)CC1. The van der Waals surface area contributed by atoms with E-state index < -0.39 is 0 Å². The van der Waals surface area contributed by atoms with Crippen LogP contribution in [0.5, 0.6) is 0 Å². The van der Waals surface area contributed by atoms with Crippen molar-refractivity contribution in [2.45, 2.75) is 32.2 Å². The Morgan fingerprint density at radius 3 is 2.86 bits per heavy atom.